The Morgan fingerprint density at radius 2 is 1.32 bits per heavy atom. The molecule has 1 aliphatic heterocycles. The van der Waals surface area contributed by atoms with Crippen LogP contribution in [0.3, 0.4) is 0 Å². The molecule has 292 valence electrons. The van der Waals surface area contributed by atoms with Gasteiger partial charge in [-0.15, -0.1) is 0 Å². The Morgan fingerprint density at radius 3 is 1.89 bits per heavy atom. The first-order valence-corrected chi connectivity index (χ1v) is 21.1. The number of hydrogen-bond acceptors (Lipinski definition) is 9. The maximum atomic E-state index is 13.1. The van der Waals surface area contributed by atoms with Gasteiger partial charge in [0.2, 0.25) is 0 Å². The molecule has 1 heterocycles. The Labute approximate surface area is 318 Å². The van der Waals surface area contributed by atoms with E-state index < -0.39 is 50.8 Å². The molecule has 0 amide bonds. The maximum absolute atomic E-state index is 13.1. The molecule has 3 aromatic rings. The minimum absolute atomic E-state index is 0.0369. The van der Waals surface area contributed by atoms with E-state index in [2.05, 4.69) is 52.0 Å². The molecule has 53 heavy (non-hydrogen) atoms. The van der Waals surface area contributed by atoms with Crippen LogP contribution in [0.1, 0.15) is 92.6 Å². The molecule has 0 saturated carbocycles. The van der Waals surface area contributed by atoms with Crippen molar-refractivity contribution < 1.29 is 42.7 Å². The molecule has 0 radical (unpaired) electrons. The van der Waals surface area contributed by atoms with Gasteiger partial charge in [0.05, 0.1) is 13.2 Å². The highest BCUT2D eigenvalue weighted by atomic mass is 28.4. The Kier molecular flexibility index (Phi) is 16.5. The number of ether oxygens (including phenoxy) is 6. The fourth-order valence-electron chi connectivity index (χ4n) is 6.78. The van der Waals surface area contributed by atoms with E-state index in [1.165, 1.54) is 19.3 Å². The van der Waals surface area contributed by atoms with Crippen molar-refractivity contribution in [3.8, 4) is 0 Å². The van der Waals surface area contributed by atoms with Gasteiger partial charge in [-0.1, -0.05) is 151 Å². The molecule has 0 aromatic heterocycles. The number of benzene rings is 3. The lowest BCUT2D eigenvalue weighted by atomic mass is 9.99. The summed E-state index contributed by atoms with van der Waals surface area (Å²) in [6.45, 7) is 14.6. The average molecular weight is 751 g/mol. The standard InChI is InChI=1S/C43H62O9Si/c1-8-9-10-11-12-22-29-47-40-39(51-41(45)52-42(2,3)4)38(48-32-46-30-33-23-16-13-17-24-33)37(44)36(50-40)31-49-53(43(5,6)7,34-25-18-14-19-26-34)35-27-20-15-21-28-35/h13-21,23-28,36-40,44H,8-12,22,29-32H2,1-7H3/t36-,37-,38+,39-,40-/m1/s1. The number of rotatable bonds is 19. The van der Waals surface area contributed by atoms with Crippen molar-refractivity contribution in [3.63, 3.8) is 0 Å². The molecule has 0 bridgehead atoms. The van der Waals surface area contributed by atoms with Crippen molar-refractivity contribution in [2.24, 2.45) is 0 Å². The zero-order valence-electron chi connectivity index (χ0n) is 32.8. The summed E-state index contributed by atoms with van der Waals surface area (Å²) in [6, 6.07) is 30.4. The van der Waals surface area contributed by atoms with Gasteiger partial charge in [-0.3, -0.25) is 0 Å². The lowest BCUT2D eigenvalue weighted by Gasteiger charge is -2.47. The lowest BCUT2D eigenvalue weighted by Crippen LogP contribution is -2.68. The van der Waals surface area contributed by atoms with E-state index in [-0.39, 0.29) is 18.4 Å². The summed E-state index contributed by atoms with van der Waals surface area (Å²) >= 11 is 0. The van der Waals surface area contributed by atoms with Crippen LogP contribution in [0.5, 0.6) is 0 Å². The second-order valence-electron chi connectivity index (χ2n) is 15.8. The van der Waals surface area contributed by atoms with Crippen LogP contribution in [-0.2, 0) is 39.5 Å². The summed E-state index contributed by atoms with van der Waals surface area (Å²) in [4.78, 5) is 13.1. The molecule has 0 spiro atoms. The van der Waals surface area contributed by atoms with Gasteiger partial charge in [0.15, 0.2) is 12.4 Å². The minimum atomic E-state index is -3.00. The molecule has 5 atom stereocenters. The van der Waals surface area contributed by atoms with Crippen LogP contribution in [0, 0.1) is 0 Å². The van der Waals surface area contributed by atoms with E-state index in [1.54, 1.807) is 20.8 Å². The van der Waals surface area contributed by atoms with Crippen molar-refractivity contribution in [2.45, 2.75) is 135 Å². The van der Waals surface area contributed by atoms with E-state index >= 15 is 0 Å². The molecule has 1 N–H and O–H groups in total. The van der Waals surface area contributed by atoms with Gasteiger partial charge in [-0.05, 0) is 48.2 Å². The van der Waals surface area contributed by atoms with Gasteiger partial charge in [-0.2, -0.15) is 0 Å². The van der Waals surface area contributed by atoms with Crippen LogP contribution >= 0.6 is 0 Å². The number of aliphatic hydroxyl groups is 1. The average Bonchev–Trinajstić information content (AvgIpc) is 3.12. The summed E-state index contributed by atoms with van der Waals surface area (Å²) in [5.41, 5.74) is 0.170. The Hall–Kier alpha value is -3.09. The highest BCUT2D eigenvalue weighted by Gasteiger charge is 2.54. The largest absolute Gasteiger partial charge is 0.509 e. The molecule has 10 heteroatoms. The molecule has 1 aliphatic rings. The van der Waals surface area contributed by atoms with Gasteiger partial charge >= 0.3 is 6.16 Å². The Bertz CT molecular complexity index is 1420. The summed E-state index contributed by atoms with van der Waals surface area (Å²) in [7, 11) is -3.00. The van der Waals surface area contributed by atoms with Gasteiger partial charge in [0.25, 0.3) is 8.32 Å². The third-order valence-corrected chi connectivity index (χ3v) is 14.4. The molecule has 3 aromatic carbocycles. The van der Waals surface area contributed by atoms with E-state index in [1.807, 2.05) is 66.7 Å². The van der Waals surface area contributed by atoms with Crippen molar-refractivity contribution in [3.05, 3.63) is 96.6 Å². The van der Waals surface area contributed by atoms with Crippen molar-refractivity contribution in [1.29, 1.82) is 0 Å². The van der Waals surface area contributed by atoms with Crippen LogP contribution in [0.4, 0.5) is 4.79 Å². The van der Waals surface area contributed by atoms with E-state index in [0.29, 0.717) is 13.2 Å². The molecule has 0 aliphatic carbocycles. The van der Waals surface area contributed by atoms with E-state index in [0.717, 1.165) is 35.2 Å². The third kappa shape index (κ3) is 12.5. The summed E-state index contributed by atoms with van der Waals surface area (Å²) in [5.74, 6) is 0. The molecular formula is C43H62O9Si. The summed E-state index contributed by atoms with van der Waals surface area (Å²) < 4.78 is 43.7. The number of carbonyl (C=O) groups is 1. The van der Waals surface area contributed by atoms with Crippen LogP contribution in [-0.4, -0.2) is 75.9 Å². The first-order chi connectivity index (χ1) is 25.4. The summed E-state index contributed by atoms with van der Waals surface area (Å²) in [6.07, 6.45) is 0.117. The molecule has 4 rings (SSSR count). The molecule has 0 unspecified atom stereocenters. The predicted octanol–water partition coefficient (Wildman–Crippen LogP) is 7.91. The number of aliphatic hydroxyl groups excluding tert-OH is 1. The molecule has 9 nitrogen and oxygen atoms in total. The zero-order valence-corrected chi connectivity index (χ0v) is 33.8. The fourth-order valence-corrected chi connectivity index (χ4v) is 11.3. The molecular weight excluding hydrogens is 689 g/mol. The second-order valence-corrected chi connectivity index (χ2v) is 20.1. The van der Waals surface area contributed by atoms with Gasteiger partial charge in [0.1, 0.15) is 30.7 Å². The van der Waals surface area contributed by atoms with Gasteiger partial charge < -0.3 is 38.0 Å². The number of unbranched alkanes of at least 4 members (excludes halogenated alkanes) is 5. The maximum Gasteiger partial charge on any atom is 0.509 e. The van der Waals surface area contributed by atoms with Crippen LogP contribution < -0.4 is 10.4 Å². The Balaban J connectivity index is 1.63. The Morgan fingerprint density at radius 1 is 0.755 bits per heavy atom. The monoisotopic (exact) mass is 750 g/mol. The smallest absolute Gasteiger partial charge is 0.429 e. The SMILES string of the molecule is CCCCCCCCO[C@@H]1O[C@H](CO[Si](c2ccccc2)(c2ccccc2)C(C)(C)C)[C@@H](O)[C@H](OCOCc2ccccc2)[C@H]1OC(=O)OC(C)(C)C. The van der Waals surface area contributed by atoms with E-state index in [4.69, 9.17) is 32.8 Å². The zero-order chi connectivity index (χ0) is 38.3. The first-order valence-electron chi connectivity index (χ1n) is 19.2. The van der Waals surface area contributed by atoms with Crippen molar-refractivity contribution in [2.75, 3.05) is 20.0 Å². The molecule has 1 fully saturated rings. The predicted molar refractivity (Wildman–Crippen MR) is 210 cm³/mol. The minimum Gasteiger partial charge on any atom is -0.429 e. The summed E-state index contributed by atoms with van der Waals surface area (Å²) in [5, 5.41) is 14.0. The quantitative estimate of drug-likeness (QED) is 0.0567. The topological polar surface area (TPSA) is 102 Å². The van der Waals surface area contributed by atoms with Crippen molar-refractivity contribution in [1.82, 2.24) is 0 Å². The van der Waals surface area contributed by atoms with Crippen LogP contribution in [0.2, 0.25) is 5.04 Å². The number of carbonyl (C=O) groups excluding carboxylic acids is 1. The second kappa shape index (κ2) is 20.5. The van der Waals surface area contributed by atoms with E-state index in [9.17, 15) is 9.90 Å². The first kappa shape index (κ1) is 42.6. The van der Waals surface area contributed by atoms with Crippen LogP contribution in [0.25, 0.3) is 0 Å². The number of hydrogen-bond donors (Lipinski definition) is 1. The highest BCUT2D eigenvalue weighted by molar-refractivity contribution is 6.99. The molecule has 1 saturated heterocycles. The lowest BCUT2D eigenvalue weighted by molar-refractivity contribution is -0.316. The highest BCUT2D eigenvalue weighted by Crippen LogP contribution is 2.38. The van der Waals surface area contributed by atoms with Crippen LogP contribution in [0.15, 0.2) is 91.0 Å². The normalized spacial score (nSPS) is 20.9. The van der Waals surface area contributed by atoms with Gasteiger partial charge in [-0.25, -0.2) is 4.79 Å². The fraction of sp³-hybridized carbons (Fsp3) is 0.558. The third-order valence-electron chi connectivity index (χ3n) is 9.36. The van der Waals surface area contributed by atoms with Crippen molar-refractivity contribution >= 4 is 24.8 Å². The van der Waals surface area contributed by atoms with Gasteiger partial charge in [0, 0.05) is 6.61 Å².